The van der Waals surface area contributed by atoms with Gasteiger partial charge in [-0.2, -0.15) is 0 Å². The SMILES string of the molecule is OCCOc1ccc2c(c1)OCC2=NO. The van der Waals surface area contributed by atoms with Gasteiger partial charge in [-0.1, -0.05) is 5.16 Å². The van der Waals surface area contributed by atoms with Gasteiger partial charge in [0.05, 0.1) is 6.61 Å². The van der Waals surface area contributed by atoms with Crippen molar-refractivity contribution in [3.05, 3.63) is 23.8 Å². The second kappa shape index (κ2) is 4.18. The molecule has 1 aliphatic rings. The first-order chi connectivity index (χ1) is 7.35. The Morgan fingerprint density at radius 2 is 2.33 bits per heavy atom. The molecule has 0 spiro atoms. The third-order valence-electron chi connectivity index (χ3n) is 2.11. The number of hydrogen-bond donors (Lipinski definition) is 2. The lowest BCUT2D eigenvalue weighted by atomic mass is 10.1. The first kappa shape index (κ1) is 9.79. The van der Waals surface area contributed by atoms with Crippen LogP contribution in [0, 0.1) is 0 Å². The van der Waals surface area contributed by atoms with Crippen LogP contribution in [0.25, 0.3) is 0 Å². The first-order valence-corrected chi connectivity index (χ1v) is 4.57. The summed E-state index contributed by atoms with van der Waals surface area (Å²) in [6, 6.07) is 5.22. The van der Waals surface area contributed by atoms with E-state index in [0.29, 0.717) is 17.2 Å². The van der Waals surface area contributed by atoms with Crippen molar-refractivity contribution in [1.29, 1.82) is 0 Å². The second-order valence-electron chi connectivity index (χ2n) is 3.07. The Kier molecular flexibility index (Phi) is 2.73. The number of ether oxygens (including phenoxy) is 2. The Balaban J connectivity index is 2.21. The van der Waals surface area contributed by atoms with Crippen LogP contribution in [0.15, 0.2) is 23.4 Å². The highest BCUT2D eigenvalue weighted by atomic mass is 16.5. The molecule has 0 unspecified atom stereocenters. The minimum absolute atomic E-state index is 0.0265. The van der Waals surface area contributed by atoms with Gasteiger partial charge in [-0.05, 0) is 12.1 Å². The van der Waals surface area contributed by atoms with Gasteiger partial charge in [0.15, 0.2) is 0 Å². The molecule has 0 saturated heterocycles. The van der Waals surface area contributed by atoms with Crippen LogP contribution < -0.4 is 9.47 Å². The standard InChI is InChI=1S/C10H11NO4/c12-3-4-14-7-1-2-8-9(11-13)6-15-10(8)5-7/h1-2,5,12-13H,3-4,6H2. The Bertz CT molecular complexity index is 389. The molecule has 2 rings (SSSR count). The van der Waals surface area contributed by atoms with Crippen LogP contribution in [0.3, 0.4) is 0 Å². The number of hydrogen-bond acceptors (Lipinski definition) is 5. The van der Waals surface area contributed by atoms with E-state index < -0.39 is 0 Å². The number of rotatable bonds is 3. The zero-order valence-corrected chi connectivity index (χ0v) is 8.01. The van der Waals surface area contributed by atoms with Gasteiger partial charge in [0.1, 0.15) is 30.4 Å². The van der Waals surface area contributed by atoms with Gasteiger partial charge >= 0.3 is 0 Å². The molecule has 80 valence electrons. The van der Waals surface area contributed by atoms with Crippen LogP contribution in [-0.4, -0.2) is 35.8 Å². The topological polar surface area (TPSA) is 71.3 Å². The highest BCUT2D eigenvalue weighted by molar-refractivity contribution is 6.05. The van der Waals surface area contributed by atoms with E-state index in [1.165, 1.54) is 0 Å². The number of oxime groups is 1. The van der Waals surface area contributed by atoms with Gasteiger partial charge in [-0.25, -0.2) is 0 Å². The van der Waals surface area contributed by atoms with E-state index in [9.17, 15) is 0 Å². The van der Waals surface area contributed by atoms with Crippen molar-refractivity contribution in [3.63, 3.8) is 0 Å². The average Bonchev–Trinajstić information content (AvgIpc) is 2.68. The summed E-state index contributed by atoms with van der Waals surface area (Å²) in [6.45, 7) is 0.496. The maximum atomic E-state index is 8.67. The van der Waals surface area contributed by atoms with E-state index in [2.05, 4.69) is 5.16 Å². The molecule has 0 aromatic heterocycles. The number of nitrogens with zero attached hydrogens (tertiary/aromatic N) is 1. The molecule has 1 aromatic rings. The molecule has 0 fully saturated rings. The highest BCUT2D eigenvalue weighted by Gasteiger charge is 2.20. The molecule has 1 aliphatic heterocycles. The number of fused-ring (bicyclic) bond motifs is 1. The van der Waals surface area contributed by atoms with Crippen molar-refractivity contribution in [1.82, 2.24) is 0 Å². The molecule has 0 bridgehead atoms. The number of benzene rings is 1. The van der Waals surface area contributed by atoms with Crippen molar-refractivity contribution >= 4 is 5.71 Å². The minimum atomic E-state index is -0.0265. The van der Waals surface area contributed by atoms with E-state index >= 15 is 0 Å². The molecule has 5 nitrogen and oxygen atoms in total. The summed E-state index contributed by atoms with van der Waals surface area (Å²) in [6.07, 6.45) is 0. The lowest BCUT2D eigenvalue weighted by Gasteiger charge is -2.05. The third-order valence-corrected chi connectivity index (χ3v) is 2.11. The van der Waals surface area contributed by atoms with Gasteiger partial charge in [-0.3, -0.25) is 0 Å². The van der Waals surface area contributed by atoms with Crippen molar-refractivity contribution in [3.8, 4) is 11.5 Å². The highest BCUT2D eigenvalue weighted by Crippen LogP contribution is 2.29. The quantitative estimate of drug-likeness (QED) is 0.565. The molecule has 1 aromatic carbocycles. The lowest BCUT2D eigenvalue weighted by Crippen LogP contribution is -2.02. The molecule has 0 atom stereocenters. The summed E-state index contributed by atoms with van der Waals surface area (Å²) in [5.74, 6) is 1.26. The van der Waals surface area contributed by atoms with Crippen LogP contribution in [0.1, 0.15) is 5.56 Å². The van der Waals surface area contributed by atoms with Crippen molar-refractivity contribution in [2.75, 3.05) is 19.8 Å². The largest absolute Gasteiger partial charge is 0.491 e. The summed E-state index contributed by atoms with van der Waals surface area (Å²) in [5, 5.41) is 20.4. The normalized spacial score (nSPS) is 16.2. The summed E-state index contributed by atoms with van der Waals surface area (Å²) < 4.78 is 10.5. The minimum Gasteiger partial charge on any atom is -0.491 e. The van der Waals surface area contributed by atoms with Crippen LogP contribution in [0.5, 0.6) is 11.5 Å². The van der Waals surface area contributed by atoms with E-state index in [0.717, 1.165) is 5.56 Å². The smallest absolute Gasteiger partial charge is 0.134 e. The average molecular weight is 209 g/mol. The zero-order valence-electron chi connectivity index (χ0n) is 8.01. The van der Waals surface area contributed by atoms with Crippen molar-refractivity contribution in [2.24, 2.45) is 5.16 Å². The number of aliphatic hydroxyl groups is 1. The molecule has 0 aliphatic carbocycles. The van der Waals surface area contributed by atoms with Gasteiger partial charge in [0.2, 0.25) is 0 Å². The van der Waals surface area contributed by atoms with E-state index in [1.54, 1.807) is 18.2 Å². The van der Waals surface area contributed by atoms with Crippen molar-refractivity contribution < 1.29 is 19.8 Å². The van der Waals surface area contributed by atoms with Crippen LogP contribution in [-0.2, 0) is 0 Å². The zero-order chi connectivity index (χ0) is 10.7. The molecule has 0 saturated carbocycles. The Morgan fingerprint density at radius 3 is 3.07 bits per heavy atom. The maximum Gasteiger partial charge on any atom is 0.134 e. The predicted octanol–water partition coefficient (Wildman–Crippen LogP) is 0.628. The Labute approximate surface area is 86.6 Å². The van der Waals surface area contributed by atoms with E-state index in [1.807, 2.05) is 0 Å². The van der Waals surface area contributed by atoms with E-state index in [-0.39, 0.29) is 19.8 Å². The summed E-state index contributed by atoms with van der Waals surface area (Å²) >= 11 is 0. The third kappa shape index (κ3) is 1.87. The molecule has 15 heavy (non-hydrogen) atoms. The molecule has 0 radical (unpaired) electrons. The second-order valence-corrected chi connectivity index (χ2v) is 3.07. The fourth-order valence-electron chi connectivity index (χ4n) is 1.42. The molecule has 5 heteroatoms. The molecular weight excluding hydrogens is 198 g/mol. The molecule has 1 heterocycles. The monoisotopic (exact) mass is 209 g/mol. The lowest BCUT2D eigenvalue weighted by molar-refractivity contribution is 0.201. The Hall–Kier alpha value is -1.75. The van der Waals surface area contributed by atoms with Gasteiger partial charge < -0.3 is 19.8 Å². The summed E-state index contributed by atoms with van der Waals surface area (Å²) in [5.41, 5.74) is 1.28. The fourth-order valence-corrected chi connectivity index (χ4v) is 1.42. The Morgan fingerprint density at radius 1 is 1.47 bits per heavy atom. The summed E-state index contributed by atoms with van der Waals surface area (Å²) in [4.78, 5) is 0. The van der Waals surface area contributed by atoms with Crippen molar-refractivity contribution in [2.45, 2.75) is 0 Å². The first-order valence-electron chi connectivity index (χ1n) is 4.57. The number of aliphatic hydroxyl groups excluding tert-OH is 1. The van der Waals surface area contributed by atoms with Crippen LogP contribution in [0.2, 0.25) is 0 Å². The van der Waals surface area contributed by atoms with Gasteiger partial charge in [0.25, 0.3) is 0 Å². The maximum absolute atomic E-state index is 8.67. The van der Waals surface area contributed by atoms with Crippen LogP contribution in [0.4, 0.5) is 0 Å². The fraction of sp³-hybridized carbons (Fsp3) is 0.300. The molecule has 0 amide bonds. The van der Waals surface area contributed by atoms with Gasteiger partial charge in [0, 0.05) is 11.6 Å². The molecular formula is C10H11NO4. The molecule has 2 N–H and O–H groups in total. The van der Waals surface area contributed by atoms with Gasteiger partial charge in [-0.15, -0.1) is 0 Å². The van der Waals surface area contributed by atoms with E-state index in [4.69, 9.17) is 19.8 Å². The summed E-state index contributed by atoms with van der Waals surface area (Å²) in [7, 11) is 0. The van der Waals surface area contributed by atoms with Crippen LogP contribution >= 0.6 is 0 Å². The predicted molar refractivity (Wildman–Crippen MR) is 52.8 cm³/mol.